The second kappa shape index (κ2) is 6.93. The summed E-state index contributed by atoms with van der Waals surface area (Å²) < 4.78 is 13.4. The minimum absolute atomic E-state index is 0.0772. The topological polar surface area (TPSA) is 64.7 Å². The molecule has 2 saturated heterocycles. The van der Waals surface area contributed by atoms with Gasteiger partial charge in [-0.05, 0) is 91.8 Å². The Morgan fingerprint density at radius 3 is 2.48 bits per heavy atom. The molecule has 4 aliphatic carbocycles. The third kappa shape index (κ3) is 2.74. The highest BCUT2D eigenvalue weighted by molar-refractivity contribution is 5.18. The van der Waals surface area contributed by atoms with E-state index >= 15 is 0 Å². The van der Waals surface area contributed by atoms with Crippen LogP contribution in [-0.2, 0) is 9.47 Å². The van der Waals surface area contributed by atoms with E-state index in [2.05, 4.69) is 27.7 Å². The molecule has 0 aromatic heterocycles. The van der Waals surface area contributed by atoms with Crippen LogP contribution in [-0.4, -0.2) is 35.8 Å². The van der Waals surface area contributed by atoms with E-state index in [0.717, 1.165) is 37.7 Å². The standard InChI is InChI=1S/C27H45NO3/c1-15-7-10-27(30-14-15)16(2)24-22(31-27)12-21-19-6-5-17-11-18(29)8-9-25(17,3)20(19)13-23(28)26(21,24)4/h15-24,29H,5-14,28H2,1-4H3/t15-,16-,17-,18-,19+,20-,21-,22-,23-,24-,25-,26+,27+/m0/s1. The van der Waals surface area contributed by atoms with Crippen LogP contribution in [0.2, 0.25) is 0 Å². The Kier molecular flexibility index (Phi) is 4.78. The van der Waals surface area contributed by atoms with Gasteiger partial charge in [0.05, 0.1) is 18.8 Å². The van der Waals surface area contributed by atoms with Gasteiger partial charge in [0.15, 0.2) is 5.79 Å². The van der Waals surface area contributed by atoms with E-state index in [0.29, 0.717) is 41.1 Å². The second-order valence-corrected chi connectivity index (χ2v) is 13.3. The van der Waals surface area contributed by atoms with E-state index in [1.807, 2.05) is 0 Å². The van der Waals surface area contributed by atoms with Crippen molar-refractivity contribution in [3.05, 3.63) is 0 Å². The van der Waals surface area contributed by atoms with E-state index < -0.39 is 0 Å². The highest BCUT2D eigenvalue weighted by Crippen LogP contribution is 2.71. The first-order valence-electron chi connectivity index (χ1n) is 13.4. The van der Waals surface area contributed by atoms with Gasteiger partial charge in [0.2, 0.25) is 0 Å². The number of aliphatic hydroxyl groups is 1. The van der Waals surface area contributed by atoms with Crippen molar-refractivity contribution >= 4 is 0 Å². The molecular weight excluding hydrogens is 386 g/mol. The summed E-state index contributed by atoms with van der Waals surface area (Å²) in [5.74, 6) is 4.13. The summed E-state index contributed by atoms with van der Waals surface area (Å²) in [6.07, 6.45) is 10.7. The zero-order valence-electron chi connectivity index (χ0n) is 20.2. The summed E-state index contributed by atoms with van der Waals surface area (Å²) in [6.45, 7) is 10.6. The molecule has 13 atom stereocenters. The molecule has 0 aromatic carbocycles. The fourth-order valence-corrected chi connectivity index (χ4v) is 10.3. The monoisotopic (exact) mass is 431 g/mol. The van der Waals surface area contributed by atoms with Gasteiger partial charge in [0.25, 0.3) is 0 Å². The van der Waals surface area contributed by atoms with E-state index in [9.17, 15) is 5.11 Å². The van der Waals surface area contributed by atoms with Gasteiger partial charge in [-0.1, -0.05) is 27.7 Å². The summed E-state index contributed by atoms with van der Waals surface area (Å²) in [6, 6.07) is 0.250. The van der Waals surface area contributed by atoms with E-state index in [-0.39, 0.29) is 23.3 Å². The van der Waals surface area contributed by atoms with Crippen LogP contribution >= 0.6 is 0 Å². The predicted molar refractivity (Wildman–Crippen MR) is 121 cm³/mol. The molecule has 0 unspecified atom stereocenters. The molecule has 0 radical (unpaired) electrons. The SMILES string of the molecule is C[C@H]1CC[C@@]2(OC1)O[C@H]1C[C@H]3[C@@H]4CC[C@H]5C[C@@H](O)CC[C@]5(C)[C@H]4C[C@H](N)[C@]3(C)[C@H]1[C@@H]2C. The van der Waals surface area contributed by atoms with Crippen LogP contribution in [0.25, 0.3) is 0 Å². The number of nitrogens with two attached hydrogens (primary N) is 1. The second-order valence-electron chi connectivity index (χ2n) is 13.3. The molecule has 31 heavy (non-hydrogen) atoms. The van der Waals surface area contributed by atoms with Crippen LogP contribution in [0.15, 0.2) is 0 Å². The average Bonchev–Trinajstić information content (AvgIpc) is 3.18. The third-order valence-corrected chi connectivity index (χ3v) is 12.1. The normalized spacial score (nSPS) is 63.3. The summed E-state index contributed by atoms with van der Waals surface area (Å²) in [4.78, 5) is 0. The quantitative estimate of drug-likeness (QED) is 0.582. The Hall–Kier alpha value is -0.160. The first kappa shape index (κ1) is 21.4. The Bertz CT molecular complexity index is 719. The van der Waals surface area contributed by atoms with Gasteiger partial charge < -0.3 is 20.3 Å². The molecule has 0 bridgehead atoms. The summed E-state index contributed by atoms with van der Waals surface area (Å²) in [5.41, 5.74) is 7.72. The highest BCUT2D eigenvalue weighted by atomic mass is 16.7. The molecule has 1 spiro atoms. The van der Waals surface area contributed by atoms with Crippen molar-refractivity contribution in [3.8, 4) is 0 Å². The molecule has 6 rings (SSSR count). The van der Waals surface area contributed by atoms with Crippen molar-refractivity contribution in [2.75, 3.05) is 6.61 Å². The smallest absolute Gasteiger partial charge is 0.171 e. The van der Waals surface area contributed by atoms with Crippen LogP contribution in [0.4, 0.5) is 0 Å². The molecule has 4 heteroatoms. The van der Waals surface area contributed by atoms with Crippen molar-refractivity contribution in [1.29, 1.82) is 0 Å². The van der Waals surface area contributed by atoms with E-state index in [4.69, 9.17) is 15.2 Å². The Labute approximate surface area is 189 Å². The van der Waals surface area contributed by atoms with Crippen LogP contribution in [0.5, 0.6) is 0 Å². The van der Waals surface area contributed by atoms with Crippen molar-refractivity contribution in [2.45, 2.75) is 110 Å². The lowest BCUT2D eigenvalue weighted by molar-refractivity contribution is -0.273. The van der Waals surface area contributed by atoms with E-state index in [1.54, 1.807) is 0 Å². The number of hydrogen-bond acceptors (Lipinski definition) is 4. The van der Waals surface area contributed by atoms with Gasteiger partial charge in [-0.15, -0.1) is 0 Å². The fourth-order valence-electron chi connectivity index (χ4n) is 10.3. The van der Waals surface area contributed by atoms with Gasteiger partial charge in [0.1, 0.15) is 0 Å². The Balaban J connectivity index is 1.29. The van der Waals surface area contributed by atoms with Gasteiger partial charge in [0, 0.05) is 24.3 Å². The Morgan fingerprint density at radius 2 is 1.74 bits per heavy atom. The highest BCUT2D eigenvalue weighted by Gasteiger charge is 2.71. The summed E-state index contributed by atoms with van der Waals surface area (Å²) in [5, 5.41) is 10.3. The maximum absolute atomic E-state index is 10.3. The molecule has 0 amide bonds. The van der Waals surface area contributed by atoms with Gasteiger partial charge in [-0.3, -0.25) is 0 Å². The molecule has 3 N–H and O–H groups in total. The average molecular weight is 432 g/mol. The molecule has 2 heterocycles. The maximum Gasteiger partial charge on any atom is 0.171 e. The number of fused-ring (bicyclic) bond motifs is 7. The predicted octanol–water partition coefficient (Wildman–Crippen LogP) is 4.73. The lowest BCUT2D eigenvalue weighted by Crippen LogP contribution is -2.61. The van der Waals surface area contributed by atoms with Crippen LogP contribution in [0.1, 0.15) is 85.5 Å². The Morgan fingerprint density at radius 1 is 0.935 bits per heavy atom. The van der Waals surface area contributed by atoms with Crippen molar-refractivity contribution < 1.29 is 14.6 Å². The van der Waals surface area contributed by atoms with Crippen molar-refractivity contribution in [3.63, 3.8) is 0 Å². The first-order valence-corrected chi connectivity index (χ1v) is 13.4. The van der Waals surface area contributed by atoms with Crippen LogP contribution < -0.4 is 5.73 Å². The number of ether oxygens (including phenoxy) is 2. The zero-order valence-corrected chi connectivity index (χ0v) is 20.2. The number of hydrogen-bond donors (Lipinski definition) is 2. The molecule has 4 nitrogen and oxygen atoms in total. The van der Waals surface area contributed by atoms with Gasteiger partial charge >= 0.3 is 0 Å². The molecule has 0 aromatic rings. The molecule has 6 fully saturated rings. The fraction of sp³-hybridized carbons (Fsp3) is 1.00. The van der Waals surface area contributed by atoms with Crippen LogP contribution in [0.3, 0.4) is 0 Å². The van der Waals surface area contributed by atoms with Crippen molar-refractivity contribution in [2.24, 2.45) is 58.0 Å². The van der Waals surface area contributed by atoms with E-state index in [1.165, 1.54) is 38.5 Å². The number of aliphatic hydroxyl groups excluding tert-OH is 1. The summed E-state index contributed by atoms with van der Waals surface area (Å²) >= 11 is 0. The summed E-state index contributed by atoms with van der Waals surface area (Å²) in [7, 11) is 0. The van der Waals surface area contributed by atoms with Crippen molar-refractivity contribution in [1.82, 2.24) is 0 Å². The third-order valence-electron chi connectivity index (χ3n) is 12.1. The van der Waals surface area contributed by atoms with Gasteiger partial charge in [-0.2, -0.15) is 0 Å². The molecule has 2 aliphatic heterocycles. The largest absolute Gasteiger partial charge is 0.393 e. The number of rotatable bonds is 0. The minimum Gasteiger partial charge on any atom is -0.393 e. The maximum atomic E-state index is 10.3. The lowest BCUT2D eigenvalue weighted by atomic mass is 9.43. The molecular formula is C27H45NO3. The van der Waals surface area contributed by atoms with Crippen LogP contribution in [0, 0.1) is 52.3 Å². The first-order chi connectivity index (χ1) is 14.7. The van der Waals surface area contributed by atoms with Gasteiger partial charge in [-0.25, -0.2) is 0 Å². The minimum atomic E-state index is -0.352. The molecule has 4 saturated carbocycles. The molecule has 176 valence electrons. The zero-order chi connectivity index (χ0) is 21.8. The lowest BCUT2D eigenvalue weighted by Gasteiger charge is -2.62. The molecule has 6 aliphatic rings.